The smallest absolute Gasteiger partial charge is 0.238 e. The minimum Gasteiger partial charge on any atom is -0.377 e. The topological polar surface area (TPSA) is 63.7 Å². The molecule has 1 fully saturated rings. The van der Waals surface area contributed by atoms with Gasteiger partial charge in [0.15, 0.2) is 9.84 Å². The maximum Gasteiger partial charge on any atom is 0.238 e. The van der Waals surface area contributed by atoms with E-state index in [-0.39, 0.29) is 17.6 Å². The standard InChI is InChI=1S/C12H23NO4S/c1-10(2)7-18(15,16)8-11(14)13-5-6-17-9-12(13,3)4/h10H,5-9H2,1-4H3. The van der Waals surface area contributed by atoms with Crippen molar-refractivity contribution in [3.05, 3.63) is 0 Å². The molecule has 1 amide bonds. The molecule has 0 unspecified atom stereocenters. The second kappa shape index (κ2) is 5.57. The van der Waals surface area contributed by atoms with Crippen LogP contribution in [0.1, 0.15) is 27.7 Å². The van der Waals surface area contributed by atoms with Gasteiger partial charge in [0.1, 0.15) is 5.75 Å². The number of carbonyl (C=O) groups is 1. The van der Waals surface area contributed by atoms with Crippen molar-refractivity contribution >= 4 is 15.7 Å². The van der Waals surface area contributed by atoms with Crippen LogP contribution < -0.4 is 0 Å². The third-order valence-electron chi connectivity index (χ3n) is 2.88. The summed E-state index contributed by atoms with van der Waals surface area (Å²) in [6, 6.07) is 0. The van der Waals surface area contributed by atoms with Gasteiger partial charge in [-0.1, -0.05) is 13.8 Å². The molecule has 1 saturated heterocycles. The second-order valence-electron chi connectivity index (χ2n) is 5.86. The van der Waals surface area contributed by atoms with Gasteiger partial charge in [0.2, 0.25) is 5.91 Å². The van der Waals surface area contributed by atoms with E-state index in [1.54, 1.807) is 4.90 Å². The highest BCUT2D eigenvalue weighted by molar-refractivity contribution is 7.92. The maximum atomic E-state index is 12.1. The lowest BCUT2D eigenvalue weighted by Gasteiger charge is -2.42. The molecule has 0 bridgehead atoms. The van der Waals surface area contributed by atoms with E-state index in [4.69, 9.17) is 4.74 Å². The Hall–Kier alpha value is -0.620. The van der Waals surface area contributed by atoms with Crippen LogP contribution in [0.2, 0.25) is 0 Å². The van der Waals surface area contributed by atoms with Crippen LogP contribution in [0.5, 0.6) is 0 Å². The Morgan fingerprint density at radius 1 is 1.39 bits per heavy atom. The Morgan fingerprint density at radius 2 is 2.00 bits per heavy atom. The number of hydrogen-bond donors (Lipinski definition) is 0. The molecule has 1 rings (SSSR count). The van der Waals surface area contributed by atoms with Crippen molar-refractivity contribution in [2.75, 3.05) is 31.3 Å². The summed E-state index contributed by atoms with van der Waals surface area (Å²) in [4.78, 5) is 13.7. The highest BCUT2D eigenvalue weighted by atomic mass is 32.2. The molecule has 0 atom stereocenters. The highest BCUT2D eigenvalue weighted by Gasteiger charge is 2.35. The molecule has 18 heavy (non-hydrogen) atoms. The van der Waals surface area contributed by atoms with Gasteiger partial charge in [0.05, 0.1) is 24.5 Å². The van der Waals surface area contributed by atoms with E-state index in [0.717, 1.165) is 0 Å². The monoisotopic (exact) mass is 277 g/mol. The van der Waals surface area contributed by atoms with Crippen molar-refractivity contribution in [1.82, 2.24) is 4.90 Å². The summed E-state index contributed by atoms with van der Waals surface area (Å²) in [6.07, 6.45) is 0. The van der Waals surface area contributed by atoms with Gasteiger partial charge in [0.25, 0.3) is 0 Å². The van der Waals surface area contributed by atoms with Gasteiger partial charge in [0, 0.05) is 6.54 Å². The SMILES string of the molecule is CC(C)CS(=O)(=O)CC(=O)N1CCOCC1(C)C. The van der Waals surface area contributed by atoms with Crippen LogP contribution in [-0.2, 0) is 19.4 Å². The number of amides is 1. The van der Waals surface area contributed by atoms with Gasteiger partial charge in [-0.2, -0.15) is 0 Å². The molecular weight excluding hydrogens is 254 g/mol. The summed E-state index contributed by atoms with van der Waals surface area (Å²) in [5.74, 6) is -0.609. The number of rotatable bonds is 4. The van der Waals surface area contributed by atoms with E-state index in [1.807, 2.05) is 27.7 Å². The number of ether oxygens (including phenoxy) is 1. The van der Waals surface area contributed by atoms with Crippen LogP contribution >= 0.6 is 0 Å². The summed E-state index contributed by atoms with van der Waals surface area (Å²) in [5.41, 5.74) is -0.428. The normalized spacial score (nSPS) is 20.2. The van der Waals surface area contributed by atoms with Crippen molar-refractivity contribution < 1.29 is 17.9 Å². The predicted molar refractivity (Wildman–Crippen MR) is 70.1 cm³/mol. The van der Waals surface area contributed by atoms with Gasteiger partial charge in [-0.25, -0.2) is 8.42 Å². The Labute approximate surface area is 109 Å². The molecule has 0 aromatic carbocycles. The van der Waals surface area contributed by atoms with Crippen LogP contribution in [0.25, 0.3) is 0 Å². The van der Waals surface area contributed by atoms with Crippen molar-refractivity contribution in [3.63, 3.8) is 0 Å². The second-order valence-corrected chi connectivity index (χ2v) is 7.97. The van der Waals surface area contributed by atoms with E-state index in [0.29, 0.717) is 19.8 Å². The lowest BCUT2D eigenvalue weighted by Crippen LogP contribution is -2.56. The number of nitrogens with zero attached hydrogens (tertiary/aromatic N) is 1. The van der Waals surface area contributed by atoms with Crippen molar-refractivity contribution in [1.29, 1.82) is 0 Å². The fraction of sp³-hybridized carbons (Fsp3) is 0.917. The lowest BCUT2D eigenvalue weighted by molar-refractivity contribution is -0.143. The van der Waals surface area contributed by atoms with Crippen molar-refractivity contribution in [3.8, 4) is 0 Å². The van der Waals surface area contributed by atoms with Crippen molar-refractivity contribution in [2.24, 2.45) is 5.92 Å². The Kier molecular flexibility index (Phi) is 4.78. The van der Waals surface area contributed by atoms with Crippen LogP contribution in [0.3, 0.4) is 0 Å². The molecular formula is C12H23NO4S. The Bertz CT molecular complexity index is 400. The Morgan fingerprint density at radius 3 is 2.50 bits per heavy atom. The zero-order chi connectivity index (χ0) is 14.0. The third kappa shape index (κ3) is 4.24. The van der Waals surface area contributed by atoms with Gasteiger partial charge >= 0.3 is 0 Å². The molecule has 1 aliphatic rings. The first-order valence-electron chi connectivity index (χ1n) is 6.23. The average Bonchev–Trinajstić information content (AvgIpc) is 2.12. The molecule has 0 saturated carbocycles. The van der Waals surface area contributed by atoms with Gasteiger partial charge in [-0.05, 0) is 19.8 Å². The quantitative estimate of drug-likeness (QED) is 0.758. The molecule has 1 heterocycles. The fourth-order valence-corrected chi connectivity index (χ4v) is 3.82. The van der Waals surface area contributed by atoms with E-state index < -0.39 is 21.1 Å². The van der Waals surface area contributed by atoms with Crippen LogP contribution in [0.15, 0.2) is 0 Å². The molecule has 106 valence electrons. The third-order valence-corrected chi connectivity index (χ3v) is 4.74. The van der Waals surface area contributed by atoms with Crippen LogP contribution in [-0.4, -0.2) is 56.0 Å². The molecule has 1 aliphatic heterocycles. The molecule has 0 spiro atoms. The highest BCUT2D eigenvalue weighted by Crippen LogP contribution is 2.19. The largest absolute Gasteiger partial charge is 0.377 e. The average molecular weight is 277 g/mol. The molecule has 0 aliphatic carbocycles. The first kappa shape index (κ1) is 15.4. The molecule has 5 nitrogen and oxygen atoms in total. The predicted octanol–water partition coefficient (Wildman–Crippen LogP) is 0.695. The maximum absolute atomic E-state index is 12.1. The lowest BCUT2D eigenvalue weighted by atomic mass is 10.0. The zero-order valence-corrected chi connectivity index (χ0v) is 12.4. The van der Waals surface area contributed by atoms with E-state index in [9.17, 15) is 13.2 Å². The van der Waals surface area contributed by atoms with Crippen LogP contribution in [0, 0.1) is 5.92 Å². The molecule has 6 heteroatoms. The van der Waals surface area contributed by atoms with Crippen LogP contribution in [0.4, 0.5) is 0 Å². The first-order chi connectivity index (χ1) is 8.14. The number of morpholine rings is 1. The summed E-state index contributed by atoms with van der Waals surface area (Å²) in [6.45, 7) is 8.82. The van der Waals surface area contributed by atoms with E-state index >= 15 is 0 Å². The summed E-state index contributed by atoms with van der Waals surface area (Å²) >= 11 is 0. The van der Waals surface area contributed by atoms with Crippen molar-refractivity contribution in [2.45, 2.75) is 33.2 Å². The minimum atomic E-state index is -3.31. The summed E-state index contributed by atoms with van der Waals surface area (Å²) in [7, 11) is -3.31. The van der Waals surface area contributed by atoms with Gasteiger partial charge in [-0.15, -0.1) is 0 Å². The number of carbonyl (C=O) groups excluding carboxylic acids is 1. The van der Waals surface area contributed by atoms with Gasteiger partial charge < -0.3 is 9.64 Å². The summed E-state index contributed by atoms with van der Waals surface area (Å²) < 4.78 is 29.0. The van der Waals surface area contributed by atoms with E-state index in [2.05, 4.69) is 0 Å². The molecule has 0 N–H and O–H groups in total. The van der Waals surface area contributed by atoms with E-state index in [1.165, 1.54) is 0 Å². The fourth-order valence-electron chi connectivity index (χ4n) is 2.15. The first-order valence-corrected chi connectivity index (χ1v) is 8.05. The summed E-state index contributed by atoms with van der Waals surface area (Å²) in [5, 5.41) is 0. The molecule has 0 radical (unpaired) electrons. The minimum absolute atomic E-state index is 0.0421. The zero-order valence-electron chi connectivity index (χ0n) is 11.6. The van der Waals surface area contributed by atoms with Gasteiger partial charge in [-0.3, -0.25) is 4.79 Å². The number of hydrogen-bond acceptors (Lipinski definition) is 4. The molecule has 0 aromatic heterocycles. The number of sulfone groups is 1. The molecule has 0 aromatic rings. The Balaban J connectivity index is 2.70.